The molecule has 0 N–H and O–H groups in total. The van der Waals surface area contributed by atoms with Crippen molar-refractivity contribution in [2.75, 3.05) is 0 Å². The molecule has 10 nitrogen and oxygen atoms in total. The second-order valence-corrected chi connectivity index (χ2v) is 9.19. The van der Waals surface area contributed by atoms with Crippen LogP contribution in [0.4, 0.5) is 0 Å². The first-order valence-electron chi connectivity index (χ1n) is 12.3. The predicted molar refractivity (Wildman–Crippen MR) is 154 cm³/mol. The first kappa shape index (κ1) is 32.7. The minimum atomic E-state index is -0.887. The number of benzene rings is 2. The van der Waals surface area contributed by atoms with Crippen LogP contribution in [0.25, 0.3) is 5.57 Å². The van der Waals surface area contributed by atoms with Crippen LogP contribution in [0.1, 0.15) is 40.2 Å². The Morgan fingerprint density at radius 3 is 1.40 bits per heavy atom. The van der Waals surface area contributed by atoms with Crippen molar-refractivity contribution in [1.29, 1.82) is 0 Å². The Bertz CT molecular complexity index is 1550. The molecule has 218 valence electrons. The van der Waals surface area contributed by atoms with Gasteiger partial charge in [-0.25, -0.2) is 24.0 Å². The molecule has 0 unspecified atom stereocenters. The minimum absolute atomic E-state index is 0.00967. The van der Waals surface area contributed by atoms with Gasteiger partial charge in [-0.3, -0.25) is 0 Å². The molecule has 0 atom stereocenters. The highest BCUT2D eigenvalue weighted by Crippen LogP contribution is 2.34. The average Bonchev–Trinajstić information content (AvgIpc) is 2.89. The predicted octanol–water partition coefficient (Wildman–Crippen LogP) is 5.62. The first-order chi connectivity index (χ1) is 19.6. The third kappa shape index (κ3) is 9.30. The van der Waals surface area contributed by atoms with Crippen LogP contribution in [0.15, 0.2) is 91.1 Å². The maximum absolute atomic E-state index is 12.9. The van der Waals surface area contributed by atoms with Gasteiger partial charge in [-0.1, -0.05) is 26.3 Å². The molecule has 2 aromatic rings. The molecular formula is C32H30O10. The van der Waals surface area contributed by atoms with Crippen LogP contribution in [0.2, 0.25) is 0 Å². The molecule has 0 aliphatic rings. The minimum Gasteiger partial charge on any atom is -0.423 e. The van der Waals surface area contributed by atoms with Crippen molar-refractivity contribution < 1.29 is 47.7 Å². The van der Waals surface area contributed by atoms with Gasteiger partial charge in [0.2, 0.25) is 0 Å². The second-order valence-electron chi connectivity index (χ2n) is 9.19. The van der Waals surface area contributed by atoms with Gasteiger partial charge in [-0.05, 0) is 64.5 Å². The standard InChI is InChI=1S/C32H30O10/c1-17(2)29(34)38-22-10-12-24(26(15-22)41-31(36)19(5)6)21(9)14-28(33)40-25-13-11-23(39-30(35)18(3)4)16-27(25)42-32(37)20(7)8/h10-16H,1,3,5,7H2,2,4,6,8-9H3. The van der Waals surface area contributed by atoms with Crippen molar-refractivity contribution >= 4 is 35.4 Å². The van der Waals surface area contributed by atoms with E-state index in [9.17, 15) is 24.0 Å². The van der Waals surface area contributed by atoms with Crippen LogP contribution >= 0.6 is 0 Å². The van der Waals surface area contributed by atoms with Gasteiger partial charge in [-0.2, -0.15) is 0 Å². The number of rotatable bonds is 11. The molecule has 0 spiro atoms. The second kappa shape index (κ2) is 14.2. The molecule has 2 rings (SSSR count). The molecule has 0 fully saturated rings. The molecule has 0 aromatic heterocycles. The normalized spacial score (nSPS) is 10.5. The highest BCUT2D eigenvalue weighted by molar-refractivity contribution is 5.95. The van der Waals surface area contributed by atoms with E-state index >= 15 is 0 Å². The average molecular weight is 575 g/mol. The lowest BCUT2D eigenvalue weighted by Gasteiger charge is -2.14. The zero-order valence-corrected chi connectivity index (χ0v) is 24.0. The summed E-state index contributed by atoms with van der Waals surface area (Å²) in [4.78, 5) is 61.2. The molecular weight excluding hydrogens is 544 g/mol. The summed E-state index contributed by atoms with van der Waals surface area (Å²) >= 11 is 0. The summed E-state index contributed by atoms with van der Waals surface area (Å²) in [7, 11) is 0. The summed E-state index contributed by atoms with van der Waals surface area (Å²) in [5.74, 6) is -4.14. The maximum Gasteiger partial charge on any atom is 0.338 e. The van der Waals surface area contributed by atoms with E-state index in [-0.39, 0.29) is 51.0 Å². The van der Waals surface area contributed by atoms with Gasteiger partial charge in [0.25, 0.3) is 0 Å². The van der Waals surface area contributed by atoms with Crippen LogP contribution in [0.5, 0.6) is 28.7 Å². The van der Waals surface area contributed by atoms with Crippen LogP contribution in [0, 0.1) is 0 Å². The summed E-state index contributed by atoms with van der Waals surface area (Å²) in [6.45, 7) is 21.5. The van der Waals surface area contributed by atoms with E-state index in [1.807, 2.05) is 0 Å². The summed E-state index contributed by atoms with van der Waals surface area (Å²) in [6.07, 6.45) is 1.10. The number of ether oxygens (including phenoxy) is 5. The monoisotopic (exact) mass is 574 g/mol. The van der Waals surface area contributed by atoms with Crippen molar-refractivity contribution in [1.82, 2.24) is 0 Å². The Morgan fingerprint density at radius 2 is 0.929 bits per heavy atom. The third-order valence-electron chi connectivity index (χ3n) is 5.06. The first-order valence-corrected chi connectivity index (χ1v) is 12.3. The molecule has 0 heterocycles. The van der Waals surface area contributed by atoms with E-state index in [0.29, 0.717) is 11.1 Å². The van der Waals surface area contributed by atoms with Crippen LogP contribution in [0.3, 0.4) is 0 Å². The lowest BCUT2D eigenvalue weighted by molar-refractivity contribution is -0.132. The molecule has 0 amide bonds. The Balaban J connectivity index is 2.43. The topological polar surface area (TPSA) is 132 Å². The summed E-state index contributed by atoms with van der Waals surface area (Å²) in [5.41, 5.74) is 1.08. The molecule has 0 saturated carbocycles. The van der Waals surface area contributed by atoms with Crippen molar-refractivity contribution in [3.63, 3.8) is 0 Å². The summed E-state index contributed by atoms with van der Waals surface area (Å²) < 4.78 is 26.4. The number of esters is 5. The Kier molecular flexibility index (Phi) is 11.1. The lowest BCUT2D eigenvalue weighted by Crippen LogP contribution is -2.13. The smallest absolute Gasteiger partial charge is 0.338 e. The molecule has 0 bridgehead atoms. The fourth-order valence-electron chi connectivity index (χ4n) is 2.85. The number of allylic oxidation sites excluding steroid dienone is 1. The van der Waals surface area contributed by atoms with Crippen molar-refractivity contribution in [3.05, 3.63) is 96.6 Å². The quantitative estimate of drug-likeness (QED) is 0.189. The van der Waals surface area contributed by atoms with Crippen molar-refractivity contribution in [3.8, 4) is 28.7 Å². The number of hydrogen-bond donors (Lipinski definition) is 0. The molecule has 42 heavy (non-hydrogen) atoms. The van der Waals surface area contributed by atoms with E-state index in [0.717, 1.165) is 6.08 Å². The Labute approximate surface area is 243 Å². The number of carbonyl (C=O) groups is 5. The molecule has 0 aliphatic carbocycles. The van der Waals surface area contributed by atoms with Crippen LogP contribution in [-0.4, -0.2) is 29.8 Å². The fourth-order valence-corrected chi connectivity index (χ4v) is 2.85. The van der Waals surface area contributed by atoms with E-state index < -0.39 is 29.8 Å². The van der Waals surface area contributed by atoms with E-state index in [1.54, 1.807) is 6.92 Å². The number of hydrogen-bond acceptors (Lipinski definition) is 10. The van der Waals surface area contributed by atoms with E-state index in [4.69, 9.17) is 23.7 Å². The fraction of sp³-hybridized carbons (Fsp3) is 0.156. The van der Waals surface area contributed by atoms with E-state index in [1.165, 1.54) is 64.1 Å². The highest BCUT2D eigenvalue weighted by atomic mass is 16.6. The SMILES string of the molecule is C=C(C)C(=O)Oc1ccc(OC(=O)C=C(C)c2ccc(OC(=O)C(=C)C)cc2OC(=O)C(=C)C)c(OC(=O)C(=C)C)c1. The van der Waals surface area contributed by atoms with Crippen molar-refractivity contribution in [2.24, 2.45) is 0 Å². The van der Waals surface area contributed by atoms with Gasteiger partial charge < -0.3 is 23.7 Å². The van der Waals surface area contributed by atoms with Gasteiger partial charge >= 0.3 is 29.8 Å². The van der Waals surface area contributed by atoms with Crippen molar-refractivity contribution in [2.45, 2.75) is 34.6 Å². The Morgan fingerprint density at radius 1 is 0.524 bits per heavy atom. The van der Waals surface area contributed by atoms with Gasteiger partial charge in [0.1, 0.15) is 17.2 Å². The van der Waals surface area contributed by atoms with E-state index in [2.05, 4.69) is 26.3 Å². The summed E-state index contributed by atoms with van der Waals surface area (Å²) in [6, 6.07) is 8.02. The van der Waals surface area contributed by atoms with Crippen LogP contribution < -0.4 is 23.7 Å². The highest BCUT2D eigenvalue weighted by Gasteiger charge is 2.19. The lowest BCUT2D eigenvalue weighted by atomic mass is 10.1. The Hall–Kier alpha value is -5.51. The van der Waals surface area contributed by atoms with Crippen LogP contribution in [-0.2, 0) is 24.0 Å². The maximum atomic E-state index is 12.9. The van der Waals surface area contributed by atoms with Gasteiger partial charge in [0, 0.05) is 46.1 Å². The molecule has 2 aromatic carbocycles. The third-order valence-corrected chi connectivity index (χ3v) is 5.06. The zero-order valence-electron chi connectivity index (χ0n) is 24.0. The molecule has 10 heteroatoms. The van der Waals surface area contributed by atoms with Gasteiger partial charge in [0.05, 0.1) is 0 Å². The van der Waals surface area contributed by atoms with Gasteiger partial charge in [-0.15, -0.1) is 0 Å². The van der Waals surface area contributed by atoms with Gasteiger partial charge in [0.15, 0.2) is 11.5 Å². The number of carbonyl (C=O) groups excluding carboxylic acids is 5. The zero-order chi connectivity index (χ0) is 31.7. The molecule has 0 radical (unpaired) electrons. The molecule has 0 saturated heterocycles. The summed E-state index contributed by atoms with van der Waals surface area (Å²) in [5, 5.41) is 0. The largest absolute Gasteiger partial charge is 0.423 e. The molecule has 0 aliphatic heterocycles.